The van der Waals surface area contributed by atoms with Gasteiger partial charge in [0.1, 0.15) is 29.6 Å². The van der Waals surface area contributed by atoms with E-state index in [-0.39, 0.29) is 141 Å². The van der Waals surface area contributed by atoms with Crippen LogP contribution >= 0.6 is 56.5 Å². The summed E-state index contributed by atoms with van der Waals surface area (Å²) in [7, 11) is 33.8. The number of allylic oxidation sites excluding steroid dienone is 6. The molecule has 36 heteroatoms. The van der Waals surface area contributed by atoms with Crippen LogP contribution in [0.25, 0.3) is 35.2 Å². The fourth-order valence-electron chi connectivity index (χ4n) is 8.74. The molecule has 2 aromatic carbocycles. The Kier molecular flexibility index (Phi) is 102. The molecule has 0 heterocycles. The standard InChI is InChI=1S/C26H36O5.C25H34O5.2C4H6O4.4C3H8N.CH3B.6ClH.2H2N.2H2O.3Pt/c1-5-6-7-8-19-14-23(29)26(22-13-18(4)9-11-21(22)17(2)3)24(15-19)31-25(30)12-10-20(28)16-27;1-5-6-7-8-18-14-21(26)25(20-13-17(4)9-10-19(20)16(2)3)22(15-18)30-24(29)12-11-23(27)28;2*5-3(6)1-2-4(7)8;4*1-3(2)4;1-2;;;;;;;;;;;;;/h13-15,21-22,27,29H,2,5-12,16H2,1,3-4H3;13-15,19-20,26H,2,5-12H2,1,3-4H3,(H,27,28);2*1-2H2,(H,5,6)(H,7,8);4*3-4H,1-2H3;1H3;6*1H;4*1H2;;;/q;;;;4*-1;;;;;;;;2*-1;;;3*+4/p-6/t21-,22+;19-,20+;;;;;;;;;;;;;;;;;;;;/m11..................../s1/i;;;;;;;;1D;;;;;;;;;;;;;. The number of benzene rings is 2. The number of halogens is 6. The van der Waals surface area contributed by atoms with Crippen molar-refractivity contribution in [3.63, 3.8) is 0 Å². The van der Waals surface area contributed by atoms with Crippen LogP contribution in [0.5, 0.6) is 23.0 Å². The number of ether oxygens (including phenoxy) is 2. The Balaban J connectivity index is -0.000000110. The number of phenolic OH excluding ortho intramolecular Hbond substituents is 2. The number of hydrogen-bond acceptors (Lipinski definition) is 13. The van der Waals surface area contributed by atoms with Gasteiger partial charge in [0.25, 0.3) is 0 Å². The van der Waals surface area contributed by atoms with E-state index in [9.17, 15) is 48.6 Å². The summed E-state index contributed by atoms with van der Waals surface area (Å²) in [6.45, 7) is 34.7. The number of aromatic hydroxyl groups is 2. The molecule has 0 bridgehead atoms. The maximum atomic E-state index is 12.5. The number of nitrogens with one attached hydrogen (secondary N) is 4. The Morgan fingerprint density at radius 2 is 0.750 bits per heavy atom. The van der Waals surface area contributed by atoms with Gasteiger partial charge in [-0.25, -0.2) is 0 Å². The zero-order valence-electron chi connectivity index (χ0n) is 65.7. The predicted molar refractivity (Wildman–Crippen MR) is 432 cm³/mol. The number of phenols is 2. The molecule has 0 saturated heterocycles. The van der Waals surface area contributed by atoms with E-state index in [0.717, 1.165) is 99.3 Å². The Morgan fingerprint density at radius 3 is 0.963 bits per heavy atom. The Bertz CT molecular complexity index is 2710. The molecule has 0 amide bonds. The second kappa shape index (κ2) is 85.9. The summed E-state index contributed by atoms with van der Waals surface area (Å²) >= 11 is -1.42. The molecule has 0 spiro atoms. The van der Waals surface area contributed by atoms with Gasteiger partial charge >= 0.3 is 148 Å². The van der Waals surface area contributed by atoms with Crippen molar-refractivity contribution in [2.75, 3.05) is 6.61 Å². The van der Waals surface area contributed by atoms with Crippen LogP contribution in [0.1, 0.15) is 248 Å². The van der Waals surface area contributed by atoms with Gasteiger partial charge in [-0.05, 0) is 126 Å². The summed E-state index contributed by atoms with van der Waals surface area (Å²) in [4.78, 5) is 85.5. The smallest absolute Gasteiger partial charge is 0.693 e. The number of aliphatic carboxylic acids is 5. The van der Waals surface area contributed by atoms with Crippen LogP contribution in [-0.2, 0) is 101 Å². The number of nitrogens with two attached hydrogens (primary N) is 2. The zero-order valence-corrected chi connectivity index (χ0v) is 76.0. The minimum atomic E-state index is -1.08. The molecule has 4 atom stereocenters. The summed E-state index contributed by atoms with van der Waals surface area (Å²) < 4.78 is 17.3. The van der Waals surface area contributed by atoms with Crippen molar-refractivity contribution < 1.29 is 150 Å². The number of hydrogen-bond donors (Lipinski definition) is 8. The van der Waals surface area contributed by atoms with Gasteiger partial charge in [0.15, 0.2) is 5.78 Å². The minimum Gasteiger partial charge on any atom is -0.693 e. The Morgan fingerprint density at radius 1 is 0.519 bits per heavy atom. The first-order valence-corrected chi connectivity index (χ1v) is 50.0. The summed E-state index contributed by atoms with van der Waals surface area (Å²) in [6.07, 6.45) is 14.1. The molecule has 0 unspecified atom stereocenters. The topological polar surface area (TPSA) is 542 Å². The molecule has 0 fully saturated rings. The molecule has 2 aliphatic rings. The van der Waals surface area contributed by atoms with Crippen LogP contribution in [0.3, 0.4) is 0 Å². The van der Waals surface area contributed by atoms with Gasteiger partial charge in [-0.1, -0.05) is 149 Å². The van der Waals surface area contributed by atoms with Gasteiger partial charge in [-0.3, -0.25) is 38.4 Å². The van der Waals surface area contributed by atoms with E-state index in [1.165, 1.54) is 11.1 Å². The fraction of sp³-hybridized carbons (Fsp3) is 0.611. The van der Waals surface area contributed by atoms with E-state index >= 15 is 0 Å². The molecule has 2 aromatic rings. The van der Waals surface area contributed by atoms with Crippen molar-refractivity contribution in [1.29, 1.82) is 0 Å². The molecule has 20 N–H and O–H groups in total. The van der Waals surface area contributed by atoms with Crippen molar-refractivity contribution in [2.24, 2.45) is 11.8 Å². The number of aryl methyl sites for hydroxylation is 2. The number of aliphatic hydroxyl groups excluding tert-OH is 1. The van der Waals surface area contributed by atoms with Gasteiger partial charge < -0.3 is 96.5 Å². The van der Waals surface area contributed by atoms with Crippen LogP contribution in [-0.4, -0.2) is 138 Å². The van der Waals surface area contributed by atoms with Crippen LogP contribution in [0.4, 0.5) is 0 Å². The predicted octanol–water partition coefficient (Wildman–Crippen LogP) is 21.1. The molecule has 26 nitrogen and oxygen atoms in total. The molecule has 108 heavy (non-hydrogen) atoms. The van der Waals surface area contributed by atoms with Crippen LogP contribution in [0.2, 0.25) is 6.80 Å². The molecule has 638 valence electrons. The zero-order chi connectivity index (χ0) is 83.5. The molecular formula is C72H125BCl6N6O20Pt3. The SMILES string of the molecule is C=C(C)[C@H]1CCC(C)=C[C@@H]1c1c(O)cc(CCCCC)cc1OC(=O)CCC(=O)CO.C=C(C)[C@H]1CCC(C)=C[C@@H]1c1c(O)cc(CCCCC)cc1OC(=O)CCC(=O)O.CC(C)[NH-].CC(C)[NH-].CC(C)[NH-].CC(C)[NH-].O.O.O=C(O)CCC(=O)O.O=C(O)CCC(=O)O.[2H]C[B].[Cl][Pt+2][Cl].[Cl][Pt+2][Cl].[Cl][Pt+2][Cl].[NH2-].[NH2-]. The van der Waals surface area contributed by atoms with E-state index in [1.807, 2.05) is 81.4 Å². The number of ketones is 1. The quantitative estimate of drug-likeness (QED) is 0.0135. The number of rotatable bonds is 27. The molecule has 4 rings (SSSR count). The second-order valence-electron chi connectivity index (χ2n) is 24.4. The normalized spacial score (nSPS) is 13.8. The van der Waals surface area contributed by atoms with Gasteiger partial charge in [-0.15, -0.1) is 24.2 Å². The second-order valence-corrected chi connectivity index (χ2v) is 34.2. The molecule has 2 radical (unpaired) electrons. The molecule has 0 aliphatic heterocycles. The number of carbonyl (C=O) groups excluding carboxylic acids is 3. The largest absolute Gasteiger partial charge is 0.693 e. The first-order chi connectivity index (χ1) is 48.8. The average Bonchev–Trinajstić information content (AvgIpc) is 0.791. The van der Waals surface area contributed by atoms with Gasteiger partial charge in [0.2, 0.25) is 0 Å². The first-order valence-electron chi connectivity index (χ1n) is 33.8. The molecule has 0 aromatic heterocycles. The number of Topliss-reactive ketones (excluding diaryl/α,β-unsaturated/α-hetero) is 1. The number of unbranched alkanes of at least 4 members (excludes halogenated alkanes) is 4. The van der Waals surface area contributed by atoms with Crippen LogP contribution in [0.15, 0.2) is 71.9 Å². The summed E-state index contributed by atoms with van der Waals surface area (Å²) in [5.41, 5.74) is 33.9. The minimum absolute atomic E-state index is 0. The molecule has 2 aliphatic carbocycles. The third-order valence-corrected chi connectivity index (χ3v) is 12.8. The maximum Gasteiger partial charge on any atom is -0.693 e. The average molecular weight is 2200 g/mol. The summed E-state index contributed by atoms with van der Waals surface area (Å²) in [6, 6.07) is 7.57. The number of carboxylic acid groups (broad SMARTS) is 5. The number of carbonyl (C=O) groups is 8. The van der Waals surface area contributed by atoms with E-state index in [2.05, 4.69) is 60.9 Å². The van der Waals surface area contributed by atoms with Crippen LogP contribution in [0, 0.1) is 11.8 Å². The molecule has 0 saturated carbocycles. The van der Waals surface area contributed by atoms with Gasteiger partial charge in [0.05, 0.1) is 52.8 Å². The van der Waals surface area contributed by atoms with Crippen molar-refractivity contribution in [1.82, 2.24) is 0 Å². The number of aliphatic hydroxyl groups is 1. The van der Waals surface area contributed by atoms with Crippen molar-refractivity contribution in [3.8, 4) is 23.0 Å². The summed E-state index contributed by atoms with van der Waals surface area (Å²) in [5, 5.41) is 71.3. The Labute approximate surface area is 695 Å². The molecular weight excluding hydrogens is 2080 g/mol. The van der Waals surface area contributed by atoms with Crippen LogP contribution < -0.4 is 9.47 Å². The van der Waals surface area contributed by atoms with Crippen molar-refractivity contribution >= 4 is 112 Å². The van der Waals surface area contributed by atoms with Crippen molar-refractivity contribution in [2.45, 2.75) is 268 Å². The van der Waals surface area contributed by atoms with E-state index in [1.54, 1.807) is 12.1 Å². The summed E-state index contributed by atoms with van der Waals surface area (Å²) in [5.74, 6) is -5.94. The Hall–Kier alpha value is -3.53. The van der Waals surface area contributed by atoms with E-state index in [4.69, 9.17) is 121 Å². The van der Waals surface area contributed by atoms with E-state index < -0.39 is 104 Å². The first kappa shape index (κ1) is 128. The van der Waals surface area contributed by atoms with E-state index in [0.29, 0.717) is 22.6 Å². The number of carboxylic acids is 5. The van der Waals surface area contributed by atoms with Gasteiger partial charge in [-0.2, -0.15) is 0 Å². The fourth-order valence-corrected chi connectivity index (χ4v) is 8.74. The third kappa shape index (κ3) is 86.5. The monoisotopic (exact) mass is 2200 g/mol. The van der Waals surface area contributed by atoms with Crippen molar-refractivity contribution in [3.05, 3.63) is 129 Å². The van der Waals surface area contributed by atoms with Gasteiger partial charge in [0, 0.05) is 30.8 Å². The third-order valence-electron chi connectivity index (χ3n) is 12.8. The maximum absolute atomic E-state index is 12.5. The number of esters is 2.